The molecule has 1 heterocycles. The van der Waals surface area contributed by atoms with Gasteiger partial charge in [-0.15, -0.1) is 11.3 Å². The molecule has 2 N–H and O–H groups in total. The number of thiazole rings is 1. The van der Waals surface area contributed by atoms with E-state index in [4.69, 9.17) is 4.74 Å². The molecule has 8 heteroatoms. The lowest BCUT2D eigenvalue weighted by Gasteiger charge is -2.33. The first-order valence-electron chi connectivity index (χ1n) is 10.2. The van der Waals surface area contributed by atoms with Crippen molar-refractivity contribution >= 4 is 23.3 Å². The number of nitrogens with one attached hydrogen (secondary N) is 1. The first kappa shape index (κ1) is 25.4. The maximum atomic E-state index is 13.2. The molecule has 0 radical (unpaired) electrons. The Morgan fingerprint density at radius 1 is 1.21 bits per heavy atom. The highest BCUT2D eigenvalue weighted by Gasteiger charge is 2.34. The number of rotatable bonds is 9. The fourth-order valence-electron chi connectivity index (χ4n) is 2.95. The fraction of sp³-hybridized carbons (Fsp3) is 0.762. The molecule has 1 aromatic rings. The molecule has 7 nitrogen and oxygen atoms in total. The van der Waals surface area contributed by atoms with Crippen molar-refractivity contribution in [1.29, 1.82) is 0 Å². The van der Waals surface area contributed by atoms with Crippen LogP contribution in [0.5, 0.6) is 0 Å². The van der Waals surface area contributed by atoms with Crippen molar-refractivity contribution in [2.45, 2.75) is 85.1 Å². The molecule has 1 rings (SSSR count). The van der Waals surface area contributed by atoms with Gasteiger partial charge in [0.2, 0.25) is 5.91 Å². The van der Waals surface area contributed by atoms with Crippen LogP contribution in [0.4, 0.5) is 4.79 Å². The number of hydrogen-bond acceptors (Lipinski definition) is 6. The van der Waals surface area contributed by atoms with Crippen molar-refractivity contribution < 1.29 is 19.4 Å². The monoisotopic (exact) mass is 427 g/mol. The molecule has 0 spiro atoms. The third kappa shape index (κ3) is 8.70. The fourth-order valence-corrected chi connectivity index (χ4v) is 3.64. The van der Waals surface area contributed by atoms with E-state index in [0.29, 0.717) is 17.8 Å². The minimum atomic E-state index is -0.895. The highest BCUT2D eigenvalue weighted by molar-refractivity contribution is 7.09. The maximum absolute atomic E-state index is 13.2. The molecule has 0 aliphatic carbocycles. The van der Waals surface area contributed by atoms with Gasteiger partial charge in [0, 0.05) is 18.6 Å². The second-order valence-electron chi connectivity index (χ2n) is 9.30. The van der Waals surface area contributed by atoms with Crippen molar-refractivity contribution in [3.63, 3.8) is 0 Å². The summed E-state index contributed by atoms with van der Waals surface area (Å²) in [4.78, 5) is 31.2. The van der Waals surface area contributed by atoms with Gasteiger partial charge in [-0.25, -0.2) is 9.78 Å². The van der Waals surface area contributed by atoms with Crippen molar-refractivity contribution in [1.82, 2.24) is 15.2 Å². The standard InChI is InChI=1S/C21H37N3O4S/c1-13(2)11-15(17(25)19-22-9-10-29-19)23-18(26)16(12-14(3)4)24(8)20(27)28-21(5,6)7/h9-10,13-17,25H,11-12H2,1-8H3,(H,23,26)/t15-,16-,17+/m0/s1. The summed E-state index contributed by atoms with van der Waals surface area (Å²) >= 11 is 1.35. The lowest BCUT2D eigenvalue weighted by molar-refractivity contribution is -0.128. The molecular weight excluding hydrogens is 390 g/mol. The minimum absolute atomic E-state index is 0.197. The van der Waals surface area contributed by atoms with Gasteiger partial charge >= 0.3 is 6.09 Å². The summed E-state index contributed by atoms with van der Waals surface area (Å²) in [5, 5.41) is 16.1. The van der Waals surface area contributed by atoms with E-state index < -0.39 is 29.9 Å². The van der Waals surface area contributed by atoms with E-state index in [-0.39, 0.29) is 17.7 Å². The zero-order chi connectivity index (χ0) is 22.4. The number of aliphatic hydroxyl groups is 1. The number of amides is 2. The van der Waals surface area contributed by atoms with Crippen molar-refractivity contribution in [3.8, 4) is 0 Å². The Balaban J connectivity index is 3.01. The van der Waals surface area contributed by atoms with E-state index in [1.807, 2.05) is 27.7 Å². The molecule has 1 aromatic heterocycles. The number of likely N-dealkylation sites (N-methyl/N-ethyl adjacent to an activating group) is 1. The van der Waals surface area contributed by atoms with Crippen LogP contribution in [0.15, 0.2) is 11.6 Å². The molecule has 2 amide bonds. The van der Waals surface area contributed by atoms with E-state index >= 15 is 0 Å². The van der Waals surface area contributed by atoms with Gasteiger partial charge in [-0.05, 0) is 45.4 Å². The van der Waals surface area contributed by atoms with E-state index in [0.717, 1.165) is 0 Å². The van der Waals surface area contributed by atoms with Gasteiger partial charge in [-0.3, -0.25) is 9.69 Å². The van der Waals surface area contributed by atoms with Gasteiger partial charge in [-0.1, -0.05) is 27.7 Å². The van der Waals surface area contributed by atoms with Crippen LogP contribution in [-0.4, -0.2) is 51.7 Å². The third-order valence-electron chi connectivity index (χ3n) is 4.28. The first-order chi connectivity index (χ1) is 13.3. The van der Waals surface area contributed by atoms with Crippen LogP contribution in [0.1, 0.15) is 72.4 Å². The number of carbonyl (C=O) groups is 2. The number of ether oxygens (including phenoxy) is 1. The van der Waals surface area contributed by atoms with Crippen LogP contribution in [0.3, 0.4) is 0 Å². The summed E-state index contributed by atoms with van der Waals surface area (Å²) in [6.07, 6.45) is 1.28. The Morgan fingerprint density at radius 3 is 2.24 bits per heavy atom. The average molecular weight is 428 g/mol. The number of nitrogens with zero attached hydrogens (tertiary/aromatic N) is 2. The van der Waals surface area contributed by atoms with Gasteiger partial charge in [0.05, 0.1) is 6.04 Å². The zero-order valence-electron chi connectivity index (χ0n) is 18.9. The van der Waals surface area contributed by atoms with E-state index in [1.165, 1.54) is 16.2 Å². The summed E-state index contributed by atoms with van der Waals surface area (Å²) in [5.41, 5.74) is -0.647. The van der Waals surface area contributed by atoms with Crippen LogP contribution in [-0.2, 0) is 9.53 Å². The third-order valence-corrected chi connectivity index (χ3v) is 5.13. The summed E-state index contributed by atoms with van der Waals surface area (Å²) in [6, 6.07) is -1.18. The van der Waals surface area contributed by atoms with Gasteiger partial charge < -0.3 is 15.2 Å². The molecular formula is C21H37N3O4S. The Labute approximate surface area is 178 Å². The summed E-state index contributed by atoms with van der Waals surface area (Å²) in [7, 11) is 1.58. The predicted octanol–water partition coefficient (Wildman–Crippen LogP) is 3.99. The molecule has 0 bridgehead atoms. The normalized spacial score (nSPS) is 15.1. The van der Waals surface area contributed by atoms with Crippen LogP contribution in [0.25, 0.3) is 0 Å². The molecule has 166 valence electrons. The molecule has 0 aliphatic heterocycles. The van der Waals surface area contributed by atoms with Crippen molar-refractivity contribution in [3.05, 3.63) is 16.6 Å². The highest BCUT2D eigenvalue weighted by Crippen LogP contribution is 2.24. The van der Waals surface area contributed by atoms with Gasteiger partial charge in [0.15, 0.2) is 0 Å². The smallest absolute Gasteiger partial charge is 0.410 e. The van der Waals surface area contributed by atoms with Crippen LogP contribution in [0.2, 0.25) is 0 Å². The van der Waals surface area contributed by atoms with Crippen molar-refractivity contribution in [2.75, 3.05) is 7.05 Å². The quantitative estimate of drug-likeness (QED) is 0.622. The SMILES string of the molecule is CC(C)C[C@H](NC(=O)[C@H](CC(C)C)N(C)C(=O)OC(C)(C)C)[C@@H](O)c1nccs1. The number of hydrogen-bond donors (Lipinski definition) is 2. The molecule has 0 unspecified atom stereocenters. The Kier molecular flexibility index (Phi) is 9.55. The molecule has 0 saturated heterocycles. The number of aliphatic hydroxyl groups excluding tert-OH is 1. The van der Waals surface area contributed by atoms with Crippen LogP contribution in [0, 0.1) is 11.8 Å². The number of carbonyl (C=O) groups excluding carboxylic acids is 2. The van der Waals surface area contributed by atoms with Crippen LogP contribution < -0.4 is 5.32 Å². The van der Waals surface area contributed by atoms with Crippen LogP contribution >= 0.6 is 11.3 Å². The second-order valence-corrected chi connectivity index (χ2v) is 10.2. The Bertz CT molecular complexity index is 641. The molecule has 0 aromatic carbocycles. The summed E-state index contributed by atoms with van der Waals surface area (Å²) in [5.74, 6) is 0.165. The molecule has 29 heavy (non-hydrogen) atoms. The zero-order valence-corrected chi connectivity index (χ0v) is 19.7. The highest BCUT2D eigenvalue weighted by atomic mass is 32.1. The largest absolute Gasteiger partial charge is 0.444 e. The van der Waals surface area contributed by atoms with Gasteiger partial charge in [0.25, 0.3) is 0 Å². The van der Waals surface area contributed by atoms with E-state index in [2.05, 4.69) is 10.3 Å². The predicted molar refractivity (Wildman–Crippen MR) is 116 cm³/mol. The second kappa shape index (κ2) is 10.9. The Morgan fingerprint density at radius 2 is 1.79 bits per heavy atom. The lowest BCUT2D eigenvalue weighted by atomic mass is 9.97. The lowest BCUT2D eigenvalue weighted by Crippen LogP contribution is -2.53. The Hall–Kier alpha value is -1.67. The van der Waals surface area contributed by atoms with E-state index in [9.17, 15) is 14.7 Å². The average Bonchev–Trinajstić information content (AvgIpc) is 3.10. The van der Waals surface area contributed by atoms with Crippen molar-refractivity contribution in [2.24, 2.45) is 11.8 Å². The van der Waals surface area contributed by atoms with Gasteiger partial charge in [0.1, 0.15) is 22.8 Å². The summed E-state index contributed by atoms with van der Waals surface area (Å²) in [6.45, 7) is 13.4. The topological polar surface area (TPSA) is 91.8 Å². The summed E-state index contributed by atoms with van der Waals surface area (Å²) < 4.78 is 5.44. The minimum Gasteiger partial charge on any atom is -0.444 e. The first-order valence-corrected chi connectivity index (χ1v) is 11.0. The number of aromatic nitrogens is 1. The molecule has 0 saturated carbocycles. The molecule has 3 atom stereocenters. The molecule has 0 aliphatic rings. The molecule has 0 fully saturated rings. The maximum Gasteiger partial charge on any atom is 0.410 e. The van der Waals surface area contributed by atoms with Gasteiger partial charge in [-0.2, -0.15) is 0 Å². The van der Waals surface area contributed by atoms with E-state index in [1.54, 1.807) is 39.4 Å².